The second kappa shape index (κ2) is 11.8. The summed E-state index contributed by atoms with van der Waals surface area (Å²) in [5.41, 5.74) is 5.82. The summed E-state index contributed by atoms with van der Waals surface area (Å²) in [5.74, 6) is 2.19. The van der Waals surface area contributed by atoms with Gasteiger partial charge in [0.2, 0.25) is 0 Å². The summed E-state index contributed by atoms with van der Waals surface area (Å²) < 4.78 is 28.5. The summed E-state index contributed by atoms with van der Waals surface area (Å²) >= 11 is 0. The molecule has 6 heteroatoms. The van der Waals surface area contributed by atoms with Crippen molar-refractivity contribution in [2.24, 2.45) is 11.8 Å². The zero-order chi connectivity index (χ0) is 26.5. The van der Waals surface area contributed by atoms with Gasteiger partial charge in [0.15, 0.2) is 23.0 Å². The molecule has 1 aliphatic heterocycles. The number of esters is 1. The quantitative estimate of drug-likeness (QED) is 0.280. The van der Waals surface area contributed by atoms with Gasteiger partial charge in [-0.3, -0.25) is 4.79 Å². The van der Waals surface area contributed by atoms with Crippen LogP contribution in [0.2, 0.25) is 0 Å². The average molecular weight is 507 g/mol. The van der Waals surface area contributed by atoms with E-state index in [2.05, 4.69) is 32.9 Å². The number of benzene rings is 2. The third-order valence-electron chi connectivity index (χ3n) is 7.35. The summed E-state index contributed by atoms with van der Waals surface area (Å²) in [6, 6.07) is 9.98. The third-order valence-corrected chi connectivity index (χ3v) is 7.35. The van der Waals surface area contributed by atoms with E-state index >= 15 is 0 Å². The van der Waals surface area contributed by atoms with Gasteiger partial charge in [-0.25, -0.2) is 0 Å². The Balaban J connectivity index is 1.62. The van der Waals surface area contributed by atoms with Crippen LogP contribution in [0.1, 0.15) is 56.2 Å². The van der Waals surface area contributed by atoms with Crippen LogP contribution in [0.5, 0.6) is 23.0 Å². The van der Waals surface area contributed by atoms with Crippen molar-refractivity contribution in [3.05, 3.63) is 70.3 Å². The average Bonchev–Trinajstić information content (AvgIpc) is 3.26. The summed E-state index contributed by atoms with van der Waals surface area (Å²) in [6.07, 6.45) is 7.17. The summed E-state index contributed by atoms with van der Waals surface area (Å²) in [7, 11) is 4.91. The first-order chi connectivity index (χ1) is 17.9. The highest BCUT2D eigenvalue weighted by Gasteiger charge is 2.47. The lowest BCUT2D eigenvalue weighted by Crippen LogP contribution is -2.31. The maximum atomic E-state index is 12.9. The molecule has 1 heterocycles. The molecule has 2 aromatic rings. The molecule has 0 unspecified atom stereocenters. The first-order valence-corrected chi connectivity index (χ1v) is 12.9. The fraction of sp³-hybridized carbons (Fsp3) is 0.452. The smallest absolute Gasteiger partial charge is 0.310 e. The minimum atomic E-state index is -0.256. The van der Waals surface area contributed by atoms with Gasteiger partial charge in [-0.05, 0) is 87.1 Å². The minimum Gasteiger partial charge on any atom is -0.493 e. The second-order valence-electron chi connectivity index (χ2n) is 10.1. The Bertz CT molecular complexity index is 1190. The van der Waals surface area contributed by atoms with Gasteiger partial charge in [0.05, 0.1) is 33.9 Å². The number of fused-ring (bicyclic) bond motifs is 2. The van der Waals surface area contributed by atoms with Crippen molar-refractivity contribution < 1.29 is 28.5 Å². The number of allylic oxidation sites excluding steroid dienone is 3. The number of methoxy groups -OCH3 is 3. The molecule has 0 aromatic heterocycles. The van der Waals surface area contributed by atoms with E-state index in [4.69, 9.17) is 23.7 Å². The molecule has 6 nitrogen and oxygen atoms in total. The van der Waals surface area contributed by atoms with Crippen LogP contribution >= 0.6 is 0 Å². The van der Waals surface area contributed by atoms with E-state index in [0.717, 1.165) is 36.0 Å². The van der Waals surface area contributed by atoms with Gasteiger partial charge < -0.3 is 23.7 Å². The van der Waals surface area contributed by atoms with Crippen molar-refractivity contribution in [2.45, 2.75) is 46.0 Å². The van der Waals surface area contributed by atoms with Gasteiger partial charge in [0.1, 0.15) is 6.61 Å². The molecule has 2 aliphatic rings. The van der Waals surface area contributed by atoms with Gasteiger partial charge in [0.25, 0.3) is 0 Å². The Morgan fingerprint density at radius 3 is 2.35 bits per heavy atom. The maximum absolute atomic E-state index is 12.9. The molecular weight excluding hydrogens is 468 g/mol. The number of rotatable bonds is 10. The van der Waals surface area contributed by atoms with Crippen LogP contribution in [0, 0.1) is 11.8 Å². The lowest BCUT2D eigenvalue weighted by atomic mass is 9.67. The normalized spacial score (nSPS) is 20.4. The molecular formula is C31H38O6. The number of carbonyl (C=O) groups excluding carboxylic acids is 1. The fourth-order valence-corrected chi connectivity index (χ4v) is 5.40. The zero-order valence-electron chi connectivity index (χ0n) is 22.8. The Labute approximate surface area is 220 Å². The summed E-state index contributed by atoms with van der Waals surface area (Å²) in [5, 5.41) is 0. The summed E-state index contributed by atoms with van der Waals surface area (Å²) in [6.45, 7) is 7.27. The van der Waals surface area contributed by atoms with Gasteiger partial charge in [-0.2, -0.15) is 0 Å². The maximum Gasteiger partial charge on any atom is 0.310 e. The lowest BCUT2D eigenvalue weighted by Gasteiger charge is -2.34. The SMILES string of the molecule is COc1cc2c(cc1OC)[C@H](c1ccc(OC/C=C(\C)CCC=C(C)C)c(OC)c1)[C@H]1C(=O)OC[C@@H]1C2. The Morgan fingerprint density at radius 2 is 1.65 bits per heavy atom. The number of carbonyl (C=O) groups is 1. The largest absolute Gasteiger partial charge is 0.493 e. The number of ether oxygens (including phenoxy) is 5. The first-order valence-electron chi connectivity index (χ1n) is 12.9. The highest BCUT2D eigenvalue weighted by molar-refractivity contribution is 5.78. The highest BCUT2D eigenvalue weighted by atomic mass is 16.5. The van der Waals surface area contributed by atoms with E-state index in [1.165, 1.54) is 11.1 Å². The minimum absolute atomic E-state index is 0.115. The molecule has 37 heavy (non-hydrogen) atoms. The predicted octanol–water partition coefficient (Wildman–Crippen LogP) is 6.26. The standard InChI is InChI=1S/C31H38O6/c1-19(2)8-7-9-20(3)12-13-36-25-11-10-21(15-26(25)33-4)29-24-17-28(35-6)27(34-5)16-22(24)14-23-18-37-31(32)30(23)29/h8,10-12,15-17,23,29-30H,7,9,13-14,18H2,1-6H3/b20-12+/t23-,29-,30-/m0/s1. The molecule has 2 aromatic carbocycles. The Hall–Kier alpha value is -3.41. The van der Waals surface area contributed by atoms with Crippen molar-refractivity contribution >= 4 is 5.97 Å². The molecule has 0 spiro atoms. The molecule has 1 fully saturated rings. The Morgan fingerprint density at radius 1 is 0.946 bits per heavy atom. The van der Waals surface area contributed by atoms with Crippen LogP contribution in [-0.4, -0.2) is 40.5 Å². The lowest BCUT2D eigenvalue weighted by molar-refractivity contribution is -0.141. The van der Waals surface area contributed by atoms with Crippen molar-refractivity contribution in [2.75, 3.05) is 34.5 Å². The van der Waals surface area contributed by atoms with Crippen molar-refractivity contribution in [1.29, 1.82) is 0 Å². The molecule has 1 aliphatic carbocycles. The number of hydrogen-bond acceptors (Lipinski definition) is 6. The van der Waals surface area contributed by atoms with Crippen molar-refractivity contribution in [1.82, 2.24) is 0 Å². The van der Waals surface area contributed by atoms with Crippen LogP contribution < -0.4 is 18.9 Å². The van der Waals surface area contributed by atoms with Gasteiger partial charge in [-0.1, -0.05) is 23.3 Å². The second-order valence-corrected chi connectivity index (χ2v) is 10.1. The van der Waals surface area contributed by atoms with Crippen LogP contribution in [-0.2, 0) is 16.0 Å². The molecule has 0 saturated carbocycles. The molecule has 0 bridgehead atoms. The zero-order valence-corrected chi connectivity index (χ0v) is 22.8. The van der Waals surface area contributed by atoms with Gasteiger partial charge >= 0.3 is 5.97 Å². The summed E-state index contributed by atoms with van der Waals surface area (Å²) in [4.78, 5) is 12.9. The van der Waals surface area contributed by atoms with Crippen molar-refractivity contribution in [3.63, 3.8) is 0 Å². The van der Waals surface area contributed by atoms with E-state index < -0.39 is 0 Å². The molecule has 4 rings (SSSR count). The highest BCUT2D eigenvalue weighted by Crippen LogP contribution is 2.50. The predicted molar refractivity (Wildman–Crippen MR) is 144 cm³/mol. The fourth-order valence-electron chi connectivity index (χ4n) is 5.40. The molecule has 198 valence electrons. The molecule has 3 atom stereocenters. The van der Waals surface area contributed by atoms with Crippen LogP contribution in [0.4, 0.5) is 0 Å². The number of cyclic esters (lactones) is 1. The first kappa shape index (κ1) is 26.6. The van der Waals surface area contributed by atoms with Crippen molar-refractivity contribution in [3.8, 4) is 23.0 Å². The molecule has 1 saturated heterocycles. The molecule has 0 N–H and O–H groups in total. The number of hydrogen-bond donors (Lipinski definition) is 0. The topological polar surface area (TPSA) is 63.2 Å². The van der Waals surface area contributed by atoms with E-state index in [1.54, 1.807) is 21.3 Å². The molecule has 0 radical (unpaired) electrons. The van der Waals surface area contributed by atoms with E-state index in [0.29, 0.717) is 36.2 Å². The molecule has 0 amide bonds. The van der Waals surface area contributed by atoms with Gasteiger partial charge in [-0.15, -0.1) is 0 Å². The van der Waals surface area contributed by atoms with E-state index in [9.17, 15) is 4.79 Å². The third kappa shape index (κ3) is 5.79. The van der Waals surface area contributed by atoms with Crippen LogP contribution in [0.3, 0.4) is 0 Å². The Kier molecular flexibility index (Phi) is 8.47. The van der Waals surface area contributed by atoms with E-state index in [-0.39, 0.29) is 23.7 Å². The van der Waals surface area contributed by atoms with Crippen LogP contribution in [0.25, 0.3) is 0 Å². The van der Waals surface area contributed by atoms with Gasteiger partial charge in [0, 0.05) is 11.8 Å². The van der Waals surface area contributed by atoms with Crippen LogP contribution in [0.15, 0.2) is 53.6 Å². The van der Waals surface area contributed by atoms with E-state index in [1.807, 2.05) is 30.3 Å². The monoisotopic (exact) mass is 506 g/mol.